The van der Waals surface area contributed by atoms with Gasteiger partial charge in [-0.2, -0.15) is 0 Å². The average molecular weight is 703 g/mol. The van der Waals surface area contributed by atoms with Gasteiger partial charge in [0.1, 0.15) is 0 Å². The minimum atomic E-state index is -0.410. The van der Waals surface area contributed by atoms with Crippen LogP contribution in [-0.2, 0) is 5.41 Å². The Labute approximate surface area is 324 Å². The first-order valence-corrected chi connectivity index (χ1v) is 19.2. The van der Waals surface area contributed by atoms with Crippen LogP contribution in [0.5, 0.6) is 0 Å². The van der Waals surface area contributed by atoms with E-state index in [2.05, 4.69) is 214 Å². The van der Waals surface area contributed by atoms with Gasteiger partial charge in [0.2, 0.25) is 0 Å². The maximum absolute atomic E-state index is 3.36. The topological polar surface area (TPSA) is 0 Å². The van der Waals surface area contributed by atoms with Gasteiger partial charge in [-0.05, 0) is 114 Å². The smallest absolute Gasteiger partial charge is 0.0713 e. The van der Waals surface area contributed by atoms with Crippen molar-refractivity contribution in [3.8, 4) is 44.5 Å². The molecule has 10 rings (SSSR count). The summed E-state index contributed by atoms with van der Waals surface area (Å²) < 4.78 is 0. The summed E-state index contributed by atoms with van der Waals surface area (Å²) in [5.41, 5.74) is 16.2. The van der Waals surface area contributed by atoms with E-state index in [4.69, 9.17) is 0 Å². The van der Waals surface area contributed by atoms with Crippen molar-refractivity contribution in [1.29, 1.82) is 0 Å². The summed E-state index contributed by atoms with van der Waals surface area (Å²) in [5.74, 6) is 0. The van der Waals surface area contributed by atoms with Crippen LogP contribution in [0.15, 0.2) is 213 Å². The third-order valence-electron chi connectivity index (χ3n) is 11.2. The molecule has 9 aromatic carbocycles. The molecule has 9 aromatic rings. The first-order chi connectivity index (χ1) is 27.1. The summed E-state index contributed by atoms with van der Waals surface area (Å²) in [7, 11) is 0. The Morgan fingerprint density at radius 3 is 1.33 bits per heavy atom. The predicted molar refractivity (Wildman–Crippen MR) is 236 cm³/mol. The van der Waals surface area contributed by atoms with Crippen LogP contribution < -0.4 is 0 Å². The van der Waals surface area contributed by atoms with E-state index < -0.39 is 5.41 Å². The highest BCUT2D eigenvalue weighted by Crippen LogP contribution is 2.57. The molecule has 0 atom stereocenters. The fourth-order valence-electron chi connectivity index (χ4n) is 8.98. The Morgan fingerprint density at radius 2 is 0.782 bits per heavy atom. The summed E-state index contributed by atoms with van der Waals surface area (Å²) in [6.45, 7) is 7.46. The SMILES string of the molecule is C=CC.Cc1ccc2c(c1)-c1cc(-c3ccc4c(-c5ccccc5)c5ccccc5c(-c5ccccc5)c4c3)ccc1C2(c1ccccc1)c1ccccc1. The molecule has 0 aliphatic heterocycles. The second kappa shape index (κ2) is 14.2. The van der Waals surface area contributed by atoms with Crippen LogP contribution in [0.2, 0.25) is 0 Å². The number of aryl methyl sites for hydroxylation is 1. The summed E-state index contributed by atoms with van der Waals surface area (Å²) in [6.07, 6.45) is 1.75. The van der Waals surface area contributed by atoms with Crippen LogP contribution in [0.1, 0.15) is 34.7 Å². The van der Waals surface area contributed by atoms with Gasteiger partial charge in [-0.1, -0.05) is 200 Å². The maximum atomic E-state index is 3.36. The van der Waals surface area contributed by atoms with Gasteiger partial charge < -0.3 is 0 Å². The zero-order chi connectivity index (χ0) is 37.4. The van der Waals surface area contributed by atoms with Crippen LogP contribution in [0.3, 0.4) is 0 Å². The van der Waals surface area contributed by atoms with E-state index >= 15 is 0 Å². The Kier molecular flexibility index (Phi) is 8.81. The molecular weight excluding hydrogens is 661 g/mol. The molecule has 0 aromatic heterocycles. The Hall–Kier alpha value is -6.76. The van der Waals surface area contributed by atoms with E-state index in [0.29, 0.717) is 0 Å². The van der Waals surface area contributed by atoms with E-state index in [-0.39, 0.29) is 0 Å². The van der Waals surface area contributed by atoms with Gasteiger partial charge in [-0.25, -0.2) is 0 Å². The lowest BCUT2D eigenvalue weighted by atomic mass is 9.67. The zero-order valence-electron chi connectivity index (χ0n) is 31.3. The first kappa shape index (κ1) is 34.0. The molecule has 0 saturated carbocycles. The number of rotatable bonds is 5. The van der Waals surface area contributed by atoms with Crippen molar-refractivity contribution < 1.29 is 0 Å². The lowest BCUT2D eigenvalue weighted by molar-refractivity contribution is 0.768. The van der Waals surface area contributed by atoms with Crippen molar-refractivity contribution in [3.05, 3.63) is 241 Å². The summed E-state index contributed by atoms with van der Waals surface area (Å²) in [6, 6.07) is 74.1. The molecule has 0 saturated heterocycles. The predicted octanol–water partition coefficient (Wildman–Crippen LogP) is 14.9. The second-order valence-corrected chi connectivity index (χ2v) is 14.5. The van der Waals surface area contributed by atoms with E-state index in [1.807, 2.05) is 6.92 Å². The van der Waals surface area contributed by atoms with Crippen molar-refractivity contribution in [2.75, 3.05) is 0 Å². The van der Waals surface area contributed by atoms with Crippen LogP contribution >= 0.6 is 0 Å². The largest absolute Gasteiger partial charge is 0.103 e. The molecule has 262 valence electrons. The maximum Gasteiger partial charge on any atom is 0.0713 e. The molecule has 1 aliphatic carbocycles. The summed E-state index contributed by atoms with van der Waals surface area (Å²) >= 11 is 0. The molecule has 0 heterocycles. The standard InChI is InChI=1S/C52H36.C3H6/c1-35-26-30-48-45(32-35)46-33-39(28-31-49(46)52(48,40-20-10-4-11-21-40)41-22-12-5-13-23-41)38-27-29-44-47(34-38)51(37-18-8-3-9-19-37)43-25-15-14-24-42(43)50(44)36-16-6-2-7-17-36;1-3-2/h2-34H,1H3;3H,1H2,2H3. The molecular formula is C55H42. The van der Waals surface area contributed by atoms with Crippen LogP contribution in [0.25, 0.3) is 66.1 Å². The number of allylic oxidation sites excluding steroid dienone is 1. The van der Waals surface area contributed by atoms with Crippen LogP contribution in [0.4, 0.5) is 0 Å². The van der Waals surface area contributed by atoms with Crippen LogP contribution in [-0.4, -0.2) is 0 Å². The third kappa shape index (κ3) is 5.61. The summed E-state index contributed by atoms with van der Waals surface area (Å²) in [4.78, 5) is 0. The fraction of sp³-hybridized carbons (Fsp3) is 0.0545. The highest BCUT2D eigenvalue weighted by Gasteiger charge is 2.46. The Morgan fingerprint density at radius 1 is 0.382 bits per heavy atom. The molecule has 0 radical (unpaired) electrons. The Bertz CT molecular complexity index is 2770. The lowest BCUT2D eigenvalue weighted by Crippen LogP contribution is -2.28. The third-order valence-corrected chi connectivity index (χ3v) is 11.2. The number of hydrogen-bond donors (Lipinski definition) is 0. The van der Waals surface area contributed by atoms with Gasteiger partial charge in [-0.15, -0.1) is 6.58 Å². The van der Waals surface area contributed by atoms with Crippen LogP contribution in [0, 0.1) is 6.92 Å². The van der Waals surface area contributed by atoms with E-state index in [1.165, 1.54) is 93.9 Å². The minimum Gasteiger partial charge on any atom is -0.103 e. The Balaban J connectivity index is 0.00000128. The first-order valence-electron chi connectivity index (χ1n) is 19.2. The van der Waals surface area contributed by atoms with Crippen molar-refractivity contribution in [3.63, 3.8) is 0 Å². The highest BCUT2D eigenvalue weighted by molar-refractivity contribution is 6.22. The molecule has 0 spiro atoms. The summed E-state index contributed by atoms with van der Waals surface area (Å²) in [5, 5.41) is 5.07. The quantitative estimate of drug-likeness (QED) is 0.124. The molecule has 0 nitrogen and oxygen atoms in total. The van der Waals surface area contributed by atoms with E-state index in [9.17, 15) is 0 Å². The van der Waals surface area contributed by atoms with E-state index in [1.54, 1.807) is 6.08 Å². The minimum absolute atomic E-state index is 0.410. The molecule has 55 heavy (non-hydrogen) atoms. The monoisotopic (exact) mass is 702 g/mol. The molecule has 0 bridgehead atoms. The van der Waals surface area contributed by atoms with E-state index in [0.717, 1.165) is 0 Å². The second-order valence-electron chi connectivity index (χ2n) is 14.5. The molecule has 0 N–H and O–H groups in total. The molecule has 1 aliphatic rings. The van der Waals surface area contributed by atoms with Crippen molar-refractivity contribution >= 4 is 21.5 Å². The zero-order valence-corrected chi connectivity index (χ0v) is 31.3. The van der Waals surface area contributed by atoms with Gasteiger partial charge in [0.15, 0.2) is 0 Å². The van der Waals surface area contributed by atoms with Crippen molar-refractivity contribution in [2.45, 2.75) is 19.3 Å². The molecule has 0 unspecified atom stereocenters. The number of fused-ring (bicyclic) bond motifs is 5. The van der Waals surface area contributed by atoms with Gasteiger partial charge in [0.05, 0.1) is 5.41 Å². The lowest BCUT2D eigenvalue weighted by Gasteiger charge is -2.34. The number of benzene rings is 9. The van der Waals surface area contributed by atoms with Crippen molar-refractivity contribution in [2.24, 2.45) is 0 Å². The average Bonchev–Trinajstić information content (AvgIpc) is 3.53. The van der Waals surface area contributed by atoms with Gasteiger partial charge in [0, 0.05) is 0 Å². The van der Waals surface area contributed by atoms with Gasteiger partial charge in [0.25, 0.3) is 0 Å². The normalized spacial score (nSPS) is 12.4. The molecule has 0 amide bonds. The molecule has 0 fully saturated rings. The van der Waals surface area contributed by atoms with Gasteiger partial charge >= 0.3 is 0 Å². The van der Waals surface area contributed by atoms with Crippen molar-refractivity contribution in [1.82, 2.24) is 0 Å². The van der Waals surface area contributed by atoms with Gasteiger partial charge in [-0.3, -0.25) is 0 Å². The fourth-order valence-corrected chi connectivity index (χ4v) is 8.98. The highest BCUT2D eigenvalue weighted by atomic mass is 14.5. The number of hydrogen-bond acceptors (Lipinski definition) is 0. The molecule has 0 heteroatoms.